The zero-order valence-electron chi connectivity index (χ0n) is 22.9. The van der Waals surface area contributed by atoms with Gasteiger partial charge in [0.2, 0.25) is 0 Å². The summed E-state index contributed by atoms with van der Waals surface area (Å²) in [5.41, 5.74) is 5.96. The molecule has 3 aromatic carbocycles. The lowest BCUT2D eigenvalue weighted by atomic mass is 9.67. The van der Waals surface area contributed by atoms with Crippen LogP contribution in [0.1, 0.15) is 55.9 Å². The number of fused-ring (bicyclic) bond motifs is 1. The average molecular weight is 525 g/mol. The fourth-order valence-corrected chi connectivity index (χ4v) is 5.41. The monoisotopic (exact) mass is 524 g/mol. The van der Waals surface area contributed by atoms with Gasteiger partial charge in [0.25, 0.3) is 0 Å². The van der Waals surface area contributed by atoms with Crippen molar-refractivity contribution in [3.63, 3.8) is 0 Å². The molecule has 0 bridgehead atoms. The van der Waals surface area contributed by atoms with Crippen LogP contribution in [0.4, 0.5) is 15.3 Å². The number of amides is 2. The highest BCUT2D eigenvalue weighted by atomic mass is 16.6. The van der Waals surface area contributed by atoms with Gasteiger partial charge in [0.1, 0.15) is 12.2 Å². The normalized spacial score (nSPS) is 16.2. The molecule has 5 rings (SSSR count). The Morgan fingerprint density at radius 2 is 1.56 bits per heavy atom. The predicted molar refractivity (Wildman–Crippen MR) is 153 cm³/mol. The van der Waals surface area contributed by atoms with E-state index in [0.29, 0.717) is 18.8 Å². The summed E-state index contributed by atoms with van der Waals surface area (Å²) in [6.45, 7) is 7.15. The fraction of sp³-hybridized carbons (Fsp3) is 0.333. The van der Waals surface area contributed by atoms with Gasteiger partial charge in [-0.2, -0.15) is 0 Å². The van der Waals surface area contributed by atoms with E-state index in [1.54, 1.807) is 0 Å². The standard InChI is InChI=1S/C33H36N2O4/c1-32(2,3)39-30(36)34-27-15-13-25(14-16-27)29-22-33(21-26-11-7-8-12-28(26)29)17-19-35(20-18-33)31(37)38-23-24-9-5-4-6-10-24/h4-16,22H,17-21,23H2,1-3H3,(H,34,36). The van der Waals surface area contributed by atoms with Crippen molar-refractivity contribution in [2.75, 3.05) is 18.4 Å². The van der Waals surface area contributed by atoms with Crippen molar-refractivity contribution in [2.24, 2.45) is 5.41 Å². The topological polar surface area (TPSA) is 67.9 Å². The first-order valence-corrected chi connectivity index (χ1v) is 13.6. The number of likely N-dealkylation sites (tertiary alicyclic amines) is 1. The van der Waals surface area contributed by atoms with E-state index in [0.717, 1.165) is 30.4 Å². The van der Waals surface area contributed by atoms with E-state index in [9.17, 15) is 9.59 Å². The zero-order chi connectivity index (χ0) is 27.5. The van der Waals surface area contributed by atoms with Crippen LogP contribution in [0.25, 0.3) is 5.57 Å². The number of benzene rings is 3. The van der Waals surface area contributed by atoms with Gasteiger partial charge in [-0.3, -0.25) is 5.32 Å². The molecule has 1 heterocycles. The molecule has 1 N–H and O–H groups in total. The molecule has 0 saturated carbocycles. The van der Waals surface area contributed by atoms with E-state index in [1.807, 2.05) is 80.3 Å². The van der Waals surface area contributed by atoms with Crippen LogP contribution in [0.5, 0.6) is 0 Å². The molecule has 3 aromatic rings. The molecule has 0 radical (unpaired) electrons. The van der Waals surface area contributed by atoms with Gasteiger partial charge in [-0.15, -0.1) is 0 Å². The van der Waals surface area contributed by atoms with Gasteiger partial charge in [0.15, 0.2) is 0 Å². The molecule has 1 spiro atoms. The quantitative estimate of drug-likeness (QED) is 0.385. The molecule has 2 amide bonds. The fourth-order valence-electron chi connectivity index (χ4n) is 5.41. The number of ether oxygens (including phenoxy) is 2. The minimum absolute atomic E-state index is 0.0205. The molecule has 0 aromatic heterocycles. The summed E-state index contributed by atoms with van der Waals surface area (Å²) < 4.78 is 11.0. The van der Waals surface area contributed by atoms with Crippen LogP contribution in [0, 0.1) is 5.41 Å². The van der Waals surface area contributed by atoms with Crippen LogP contribution in [0.15, 0.2) is 84.9 Å². The highest BCUT2D eigenvalue weighted by Gasteiger charge is 2.38. The smallest absolute Gasteiger partial charge is 0.412 e. The van der Waals surface area contributed by atoms with E-state index in [2.05, 4.69) is 35.7 Å². The maximum Gasteiger partial charge on any atom is 0.412 e. The molecule has 0 atom stereocenters. The Bertz CT molecular complexity index is 1350. The molecule has 39 heavy (non-hydrogen) atoms. The molecule has 1 aliphatic heterocycles. The van der Waals surface area contributed by atoms with E-state index >= 15 is 0 Å². The van der Waals surface area contributed by atoms with Gasteiger partial charge in [-0.1, -0.05) is 72.8 Å². The number of hydrogen-bond donors (Lipinski definition) is 1. The van der Waals surface area contributed by atoms with Gasteiger partial charge < -0.3 is 14.4 Å². The number of anilines is 1. The Balaban J connectivity index is 1.29. The molecule has 1 aliphatic carbocycles. The maximum atomic E-state index is 12.8. The largest absolute Gasteiger partial charge is 0.445 e. The van der Waals surface area contributed by atoms with E-state index in [4.69, 9.17) is 9.47 Å². The van der Waals surface area contributed by atoms with Crippen LogP contribution in [0.3, 0.4) is 0 Å². The molecule has 6 nitrogen and oxygen atoms in total. The molecule has 6 heteroatoms. The average Bonchev–Trinajstić information content (AvgIpc) is 2.92. The van der Waals surface area contributed by atoms with Crippen LogP contribution in [0.2, 0.25) is 0 Å². The first kappa shape index (κ1) is 26.5. The molecule has 2 aliphatic rings. The number of hydrogen-bond acceptors (Lipinski definition) is 4. The number of nitrogens with zero attached hydrogens (tertiary/aromatic N) is 1. The third-order valence-corrected chi connectivity index (χ3v) is 7.36. The number of allylic oxidation sites excluding steroid dienone is 1. The van der Waals surface area contributed by atoms with E-state index < -0.39 is 11.7 Å². The van der Waals surface area contributed by atoms with Crippen LogP contribution in [-0.4, -0.2) is 35.8 Å². The summed E-state index contributed by atoms with van der Waals surface area (Å²) in [7, 11) is 0. The van der Waals surface area contributed by atoms with Crippen molar-refractivity contribution >= 4 is 23.4 Å². The summed E-state index contributed by atoms with van der Waals surface area (Å²) in [5.74, 6) is 0. The second-order valence-electron chi connectivity index (χ2n) is 11.5. The number of carbonyl (C=O) groups is 2. The van der Waals surface area contributed by atoms with Gasteiger partial charge in [-0.05, 0) is 85.4 Å². The summed E-state index contributed by atoms with van der Waals surface area (Å²) in [4.78, 5) is 26.8. The number of nitrogens with one attached hydrogen (secondary N) is 1. The van der Waals surface area contributed by atoms with Crippen LogP contribution < -0.4 is 5.32 Å². The van der Waals surface area contributed by atoms with Gasteiger partial charge in [-0.25, -0.2) is 9.59 Å². The van der Waals surface area contributed by atoms with Crippen molar-refractivity contribution in [1.82, 2.24) is 4.90 Å². The first-order chi connectivity index (χ1) is 18.7. The van der Waals surface area contributed by atoms with Crippen molar-refractivity contribution in [2.45, 2.75) is 52.2 Å². The number of rotatable bonds is 4. The first-order valence-electron chi connectivity index (χ1n) is 13.6. The Labute approximate surface area is 230 Å². The van der Waals surface area contributed by atoms with Crippen molar-refractivity contribution in [3.8, 4) is 0 Å². The molecule has 1 fully saturated rings. The third kappa shape index (κ3) is 6.51. The van der Waals surface area contributed by atoms with Crippen molar-refractivity contribution in [1.29, 1.82) is 0 Å². The van der Waals surface area contributed by atoms with Gasteiger partial charge in [0, 0.05) is 18.8 Å². The summed E-state index contributed by atoms with van der Waals surface area (Å²) in [6.07, 6.45) is 4.41. The molecular formula is C33H36N2O4. The predicted octanol–water partition coefficient (Wildman–Crippen LogP) is 7.44. The van der Waals surface area contributed by atoms with Crippen molar-refractivity contribution in [3.05, 3.63) is 107 Å². The Morgan fingerprint density at radius 1 is 0.897 bits per heavy atom. The number of carbonyl (C=O) groups excluding carboxylic acids is 2. The van der Waals surface area contributed by atoms with Crippen LogP contribution in [-0.2, 0) is 22.5 Å². The Hall–Kier alpha value is -4.06. The lowest BCUT2D eigenvalue weighted by Gasteiger charge is -2.43. The molecular weight excluding hydrogens is 488 g/mol. The summed E-state index contributed by atoms with van der Waals surface area (Å²) >= 11 is 0. The third-order valence-electron chi connectivity index (χ3n) is 7.36. The van der Waals surface area contributed by atoms with Crippen LogP contribution >= 0.6 is 0 Å². The summed E-state index contributed by atoms with van der Waals surface area (Å²) in [6, 6.07) is 26.3. The number of piperidine rings is 1. The SMILES string of the molecule is CC(C)(C)OC(=O)Nc1ccc(C2=CC3(CCN(C(=O)OCc4ccccc4)CC3)Cc3ccccc32)cc1. The second-order valence-corrected chi connectivity index (χ2v) is 11.5. The van der Waals surface area contributed by atoms with E-state index in [1.165, 1.54) is 16.7 Å². The zero-order valence-corrected chi connectivity index (χ0v) is 22.9. The van der Waals surface area contributed by atoms with Gasteiger partial charge in [0.05, 0.1) is 0 Å². The minimum Gasteiger partial charge on any atom is -0.445 e. The lowest BCUT2D eigenvalue weighted by Crippen LogP contribution is -2.44. The van der Waals surface area contributed by atoms with Crippen molar-refractivity contribution < 1.29 is 19.1 Å². The molecule has 202 valence electrons. The molecule has 1 saturated heterocycles. The maximum absolute atomic E-state index is 12.8. The Kier molecular flexibility index (Phi) is 7.47. The minimum atomic E-state index is -0.552. The van der Waals surface area contributed by atoms with Gasteiger partial charge >= 0.3 is 12.2 Å². The highest BCUT2D eigenvalue weighted by Crippen LogP contribution is 2.46. The Morgan fingerprint density at radius 3 is 2.26 bits per heavy atom. The lowest BCUT2D eigenvalue weighted by molar-refractivity contribution is 0.0635. The highest BCUT2D eigenvalue weighted by molar-refractivity contribution is 5.87. The van der Waals surface area contributed by atoms with E-state index in [-0.39, 0.29) is 18.1 Å². The molecule has 0 unspecified atom stereocenters. The second kappa shape index (κ2) is 11.0. The summed E-state index contributed by atoms with van der Waals surface area (Å²) in [5, 5.41) is 2.81.